The Morgan fingerprint density at radius 3 is 2.37 bits per heavy atom. The number of likely N-dealkylation sites (tertiary alicyclic amines) is 1. The third-order valence-electron chi connectivity index (χ3n) is 7.38. The number of aliphatic hydroxyl groups excluding tert-OH is 1. The SMILES string of the molecule is CCN1CCC(c2cncc(-c3cnc4c(c3)c(Cc3c(F)c(OC)cc(OC)c3F)cn4CO)n2)CC1. The zero-order valence-electron chi connectivity index (χ0n) is 21.7. The monoisotopic (exact) mass is 523 g/mol. The summed E-state index contributed by atoms with van der Waals surface area (Å²) in [5.41, 5.74) is 3.27. The van der Waals surface area contributed by atoms with Crippen LogP contribution in [0.15, 0.2) is 36.9 Å². The number of pyridine rings is 1. The average molecular weight is 524 g/mol. The second kappa shape index (κ2) is 11.0. The molecule has 0 saturated carbocycles. The lowest BCUT2D eigenvalue weighted by molar-refractivity contribution is 0.214. The molecule has 0 radical (unpaired) electrons. The van der Waals surface area contributed by atoms with Gasteiger partial charge in [0.1, 0.15) is 12.4 Å². The highest BCUT2D eigenvalue weighted by Crippen LogP contribution is 2.35. The average Bonchev–Trinajstić information content (AvgIpc) is 3.32. The van der Waals surface area contributed by atoms with Gasteiger partial charge in [-0.3, -0.25) is 4.98 Å². The first kappa shape index (κ1) is 26.0. The molecule has 0 amide bonds. The van der Waals surface area contributed by atoms with Crippen LogP contribution in [0, 0.1) is 11.6 Å². The fourth-order valence-electron chi connectivity index (χ4n) is 5.17. The minimum Gasteiger partial charge on any atom is -0.494 e. The molecule has 4 heterocycles. The zero-order chi connectivity index (χ0) is 26.8. The minimum atomic E-state index is -0.799. The molecule has 8 nitrogen and oxygen atoms in total. The van der Waals surface area contributed by atoms with Crippen molar-refractivity contribution >= 4 is 11.0 Å². The number of rotatable bonds is 8. The molecule has 4 aromatic rings. The van der Waals surface area contributed by atoms with Crippen LogP contribution in [0.25, 0.3) is 22.3 Å². The minimum absolute atomic E-state index is 0.0957. The number of methoxy groups -OCH3 is 2. The topological polar surface area (TPSA) is 85.5 Å². The number of ether oxygens (including phenoxy) is 2. The van der Waals surface area contributed by atoms with E-state index in [2.05, 4.69) is 21.8 Å². The summed E-state index contributed by atoms with van der Waals surface area (Å²) in [4.78, 5) is 16.4. The fourth-order valence-corrected chi connectivity index (χ4v) is 5.17. The van der Waals surface area contributed by atoms with Crippen LogP contribution in [0.3, 0.4) is 0 Å². The van der Waals surface area contributed by atoms with Crippen LogP contribution in [0.4, 0.5) is 8.78 Å². The highest BCUT2D eigenvalue weighted by Gasteiger charge is 2.24. The van der Waals surface area contributed by atoms with Crippen molar-refractivity contribution in [3.8, 4) is 22.8 Å². The van der Waals surface area contributed by atoms with E-state index < -0.39 is 11.6 Å². The van der Waals surface area contributed by atoms with Crippen molar-refractivity contribution in [1.29, 1.82) is 0 Å². The van der Waals surface area contributed by atoms with Crippen molar-refractivity contribution < 1.29 is 23.4 Å². The molecular weight excluding hydrogens is 492 g/mol. The molecule has 0 aliphatic carbocycles. The third-order valence-corrected chi connectivity index (χ3v) is 7.38. The summed E-state index contributed by atoms with van der Waals surface area (Å²) >= 11 is 0. The standard InChI is InChI=1S/C28H31F2N5O3/c1-4-34-7-5-17(6-8-34)22-13-31-14-23(33-22)18-9-20-19(15-35(16-36)28(20)32-12-18)10-21-26(29)24(37-2)11-25(38-3)27(21)30/h9,11-15,17,36H,4-8,10,16H2,1-3H3. The van der Waals surface area contributed by atoms with Gasteiger partial charge in [0.25, 0.3) is 0 Å². The summed E-state index contributed by atoms with van der Waals surface area (Å²) in [6.07, 6.45) is 8.83. The number of piperidine rings is 1. The van der Waals surface area contributed by atoms with Crippen LogP contribution in [-0.4, -0.2) is 63.4 Å². The fraction of sp³-hybridized carbons (Fsp3) is 0.393. The molecule has 1 aliphatic heterocycles. The Morgan fingerprint density at radius 1 is 1.03 bits per heavy atom. The third kappa shape index (κ3) is 4.81. The molecule has 3 aromatic heterocycles. The number of hydrogen-bond acceptors (Lipinski definition) is 7. The lowest BCUT2D eigenvalue weighted by Gasteiger charge is -2.30. The normalized spacial score (nSPS) is 14.8. The smallest absolute Gasteiger partial charge is 0.171 e. The molecule has 1 N–H and O–H groups in total. The van der Waals surface area contributed by atoms with E-state index in [0.29, 0.717) is 28.2 Å². The highest BCUT2D eigenvalue weighted by atomic mass is 19.1. The molecule has 0 unspecified atom stereocenters. The maximum Gasteiger partial charge on any atom is 0.171 e. The zero-order valence-corrected chi connectivity index (χ0v) is 21.7. The van der Waals surface area contributed by atoms with Crippen molar-refractivity contribution in [2.45, 2.75) is 38.8 Å². The molecule has 0 atom stereocenters. The summed E-state index contributed by atoms with van der Waals surface area (Å²) in [6.45, 7) is 4.98. The second-order valence-corrected chi connectivity index (χ2v) is 9.46. The molecule has 38 heavy (non-hydrogen) atoms. The van der Waals surface area contributed by atoms with Gasteiger partial charge < -0.3 is 24.0 Å². The van der Waals surface area contributed by atoms with Gasteiger partial charge in [0, 0.05) is 53.5 Å². The van der Waals surface area contributed by atoms with Crippen LogP contribution in [0.1, 0.15) is 42.5 Å². The molecule has 5 rings (SSSR count). The van der Waals surface area contributed by atoms with E-state index in [4.69, 9.17) is 14.5 Å². The van der Waals surface area contributed by atoms with E-state index in [1.165, 1.54) is 24.9 Å². The summed E-state index contributed by atoms with van der Waals surface area (Å²) in [6, 6.07) is 3.06. The van der Waals surface area contributed by atoms with Crippen molar-refractivity contribution in [3.63, 3.8) is 0 Å². The summed E-state index contributed by atoms with van der Waals surface area (Å²) in [5, 5.41) is 10.6. The Kier molecular flexibility index (Phi) is 7.53. The number of fused-ring (bicyclic) bond motifs is 1. The number of halogens is 2. The molecule has 0 spiro atoms. The van der Waals surface area contributed by atoms with Crippen LogP contribution < -0.4 is 9.47 Å². The van der Waals surface area contributed by atoms with Crippen LogP contribution >= 0.6 is 0 Å². The van der Waals surface area contributed by atoms with Crippen molar-refractivity contribution in [2.24, 2.45) is 0 Å². The van der Waals surface area contributed by atoms with Gasteiger partial charge in [0.15, 0.2) is 23.1 Å². The largest absolute Gasteiger partial charge is 0.494 e. The lowest BCUT2D eigenvalue weighted by atomic mass is 9.93. The maximum absolute atomic E-state index is 15.1. The Morgan fingerprint density at radius 2 is 1.74 bits per heavy atom. The van der Waals surface area contributed by atoms with Gasteiger partial charge in [0.05, 0.1) is 31.8 Å². The van der Waals surface area contributed by atoms with Crippen molar-refractivity contribution in [3.05, 3.63) is 65.4 Å². The Balaban J connectivity index is 1.53. The number of aliphatic hydroxyl groups is 1. The summed E-state index contributed by atoms with van der Waals surface area (Å²) in [5.74, 6) is -1.47. The molecule has 1 saturated heterocycles. The Hall–Kier alpha value is -3.63. The first-order valence-electron chi connectivity index (χ1n) is 12.7. The molecular formula is C28H31F2N5O3. The van der Waals surface area contributed by atoms with Gasteiger partial charge in [-0.1, -0.05) is 6.92 Å². The van der Waals surface area contributed by atoms with Gasteiger partial charge in [-0.15, -0.1) is 0 Å². The highest BCUT2D eigenvalue weighted by molar-refractivity contribution is 5.85. The van der Waals surface area contributed by atoms with Crippen LogP contribution in [0.2, 0.25) is 0 Å². The molecule has 1 aromatic carbocycles. The van der Waals surface area contributed by atoms with Crippen molar-refractivity contribution in [1.82, 2.24) is 24.4 Å². The second-order valence-electron chi connectivity index (χ2n) is 9.46. The van der Waals surface area contributed by atoms with E-state index in [0.717, 1.165) is 43.7 Å². The van der Waals surface area contributed by atoms with Gasteiger partial charge in [0.2, 0.25) is 0 Å². The molecule has 1 aliphatic rings. The van der Waals surface area contributed by atoms with E-state index in [-0.39, 0.29) is 30.2 Å². The lowest BCUT2D eigenvalue weighted by Crippen LogP contribution is -2.32. The summed E-state index contributed by atoms with van der Waals surface area (Å²) < 4.78 is 42.0. The predicted octanol–water partition coefficient (Wildman–Crippen LogP) is 4.53. The van der Waals surface area contributed by atoms with E-state index in [9.17, 15) is 5.11 Å². The molecule has 200 valence electrons. The molecule has 0 bridgehead atoms. The number of benzene rings is 1. The first-order valence-corrected chi connectivity index (χ1v) is 12.7. The Labute approximate surface area is 219 Å². The van der Waals surface area contributed by atoms with Gasteiger partial charge in [-0.2, -0.15) is 0 Å². The van der Waals surface area contributed by atoms with Crippen LogP contribution in [0.5, 0.6) is 11.5 Å². The number of hydrogen-bond donors (Lipinski definition) is 1. The van der Waals surface area contributed by atoms with Gasteiger partial charge in [-0.05, 0) is 44.1 Å². The van der Waals surface area contributed by atoms with Gasteiger partial charge >= 0.3 is 0 Å². The van der Waals surface area contributed by atoms with E-state index in [1.54, 1.807) is 18.6 Å². The van der Waals surface area contributed by atoms with E-state index in [1.807, 2.05) is 12.3 Å². The summed E-state index contributed by atoms with van der Waals surface area (Å²) in [7, 11) is 2.63. The van der Waals surface area contributed by atoms with Crippen molar-refractivity contribution in [2.75, 3.05) is 33.9 Å². The molecule has 1 fully saturated rings. The number of nitrogens with zero attached hydrogens (tertiary/aromatic N) is 5. The quantitative estimate of drug-likeness (QED) is 0.363. The van der Waals surface area contributed by atoms with E-state index >= 15 is 8.78 Å². The molecule has 10 heteroatoms. The first-order chi connectivity index (χ1) is 18.5. The van der Waals surface area contributed by atoms with Gasteiger partial charge in [-0.25, -0.2) is 18.7 Å². The predicted molar refractivity (Wildman–Crippen MR) is 139 cm³/mol. The Bertz CT molecular complexity index is 1420. The van der Waals surface area contributed by atoms with Crippen LogP contribution in [-0.2, 0) is 13.2 Å². The number of aromatic nitrogens is 4. The maximum atomic E-state index is 15.1.